The molecule has 0 spiro atoms. The number of aromatic nitrogens is 2. The number of fused-ring (bicyclic) bond motifs is 5. The summed E-state index contributed by atoms with van der Waals surface area (Å²) in [6, 6.07) is 65.7. The average molecular weight is 695 g/mol. The van der Waals surface area contributed by atoms with Crippen molar-refractivity contribution in [3.05, 3.63) is 188 Å². The van der Waals surface area contributed by atoms with Crippen molar-refractivity contribution in [2.24, 2.45) is 0 Å². The van der Waals surface area contributed by atoms with Gasteiger partial charge >= 0.3 is 0 Å². The molecule has 53 heavy (non-hydrogen) atoms. The summed E-state index contributed by atoms with van der Waals surface area (Å²) in [5, 5.41) is 9.39. The molecule has 1 aliphatic rings. The van der Waals surface area contributed by atoms with Gasteiger partial charge in [0.15, 0.2) is 7.14 Å². The minimum atomic E-state index is -3.47. The molecule has 0 aliphatic carbocycles. The first-order valence-corrected chi connectivity index (χ1v) is 19.7. The number of para-hydroxylation sites is 1. The third-order valence-corrected chi connectivity index (χ3v) is 14.1. The lowest BCUT2D eigenvalue weighted by Crippen LogP contribution is -2.34. The SMILES string of the molecule is O=P1(c2ccccc2)c2c(-c3c4ccccc4c(-c4ccccc4)c4ccccc34)cccc2-n2c(-c3ccc4ccccc4c3)nc3cccc1c32. The summed E-state index contributed by atoms with van der Waals surface area (Å²) in [7, 11) is -3.47. The highest BCUT2D eigenvalue weighted by molar-refractivity contribution is 7.86. The Morgan fingerprint density at radius 1 is 0.472 bits per heavy atom. The van der Waals surface area contributed by atoms with Gasteiger partial charge in [0, 0.05) is 16.2 Å². The Bertz CT molecular complexity index is 3090. The van der Waals surface area contributed by atoms with E-state index < -0.39 is 7.14 Å². The van der Waals surface area contributed by atoms with Crippen LogP contribution >= 0.6 is 7.14 Å². The van der Waals surface area contributed by atoms with Crippen molar-refractivity contribution in [1.82, 2.24) is 9.55 Å². The number of hydrogen-bond donors (Lipinski definition) is 0. The van der Waals surface area contributed by atoms with Crippen molar-refractivity contribution >= 4 is 66.4 Å². The second kappa shape index (κ2) is 11.5. The summed E-state index contributed by atoms with van der Waals surface area (Å²) in [4.78, 5) is 5.31. The second-order valence-electron chi connectivity index (χ2n) is 13.8. The molecule has 1 unspecified atom stereocenters. The van der Waals surface area contributed by atoms with Crippen molar-refractivity contribution < 1.29 is 4.57 Å². The van der Waals surface area contributed by atoms with Gasteiger partial charge in [-0.3, -0.25) is 4.57 Å². The monoisotopic (exact) mass is 694 g/mol. The molecule has 0 bridgehead atoms. The van der Waals surface area contributed by atoms with E-state index in [1.807, 2.05) is 42.5 Å². The van der Waals surface area contributed by atoms with Gasteiger partial charge in [-0.2, -0.15) is 0 Å². The Labute approximate surface area is 306 Å². The Morgan fingerprint density at radius 2 is 1.08 bits per heavy atom. The van der Waals surface area contributed by atoms with Gasteiger partial charge in [0.1, 0.15) is 5.82 Å². The molecule has 1 aromatic heterocycles. The van der Waals surface area contributed by atoms with Crippen molar-refractivity contribution in [1.29, 1.82) is 0 Å². The van der Waals surface area contributed by atoms with Crippen LogP contribution < -0.4 is 15.9 Å². The largest absolute Gasteiger partial charge is 0.308 e. The van der Waals surface area contributed by atoms with Crippen LogP contribution in [-0.4, -0.2) is 9.55 Å². The van der Waals surface area contributed by atoms with Crippen molar-refractivity contribution in [2.75, 3.05) is 0 Å². The van der Waals surface area contributed by atoms with Gasteiger partial charge in [-0.1, -0.05) is 164 Å². The summed E-state index contributed by atoms with van der Waals surface area (Å²) in [6.45, 7) is 0. The van der Waals surface area contributed by atoms with Crippen molar-refractivity contribution in [2.45, 2.75) is 0 Å². The lowest BCUT2D eigenvalue weighted by atomic mass is 9.86. The molecule has 0 saturated heterocycles. The van der Waals surface area contributed by atoms with Crippen LogP contribution in [0.3, 0.4) is 0 Å². The minimum Gasteiger partial charge on any atom is -0.308 e. The smallest absolute Gasteiger partial charge is 0.175 e. The Kier molecular flexibility index (Phi) is 6.53. The number of benzene rings is 9. The van der Waals surface area contributed by atoms with E-state index in [1.165, 1.54) is 16.5 Å². The van der Waals surface area contributed by atoms with E-state index in [2.05, 4.69) is 150 Å². The quantitative estimate of drug-likeness (QED) is 0.136. The van der Waals surface area contributed by atoms with E-state index in [0.29, 0.717) is 0 Å². The molecular weight excluding hydrogens is 664 g/mol. The van der Waals surface area contributed by atoms with Crippen LogP contribution in [0.5, 0.6) is 0 Å². The fourth-order valence-electron chi connectivity index (χ4n) is 8.72. The van der Waals surface area contributed by atoms with Gasteiger partial charge in [0.05, 0.1) is 22.0 Å². The molecule has 0 radical (unpaired) electrons. The number of rotatable bonds is 4. The van der Waals surface area contributed by atoms with E-state index in [0.717, 1.165) is 82.1 Å². The van der Waals surface area contributed by atoms with Crippen LogP contribution in [0, 0.1) is 0 Å². The van der Waals surface area contributed by atoms with E-state index in [4.69, 9.17) is 4.98 Å². The highest BCUT2D eigenvalue weighted by atomic mass is 31.2. The molecule has 0 saturated carbocycles. The minimum absolute atomic E-state index is 0.815. The second-order valence-corrected chi connectivity index (χ2v) is 16.5. The van der Waals surface area contributed by atoms with Crippen LogP contribution in [0.25, 0.3) is 82.7 Å². The third-order valence-electron chi connectivity index (χ3n) is 11.0. The lowest BCUT2D eigenvalue weighted by Gasteiger charge is -2.32. The summed E-state index contributed by atoms with van der Waals surface area (Å²) in [5.41, 5.74) is 8.10. The van der Waals surface area contributed by atoms with Crippen LogP contribution in [0.1, 0.15) is 0 Å². The molecule has 1 atom stereocenters. The molecule has 0 N–H and O–H groups in total. The van der Waals surface area contributed by atoms with E-state index in [-0.39, 0.29) is 0 Å². The summed E-state index contributed by atoms with van der Waals surface area (Å²) >= 11 is 0. The van der Waals surface area contributed by atoms with E-state index >= 15 is 4.57 Å². The first-order valence-electron chi connectivity index (χ1n) is 18.0. The Hall–Kier alpha value is -6.54. The van der Waals surface area contributed by atoms with Crippen LogP contribution in [0.15, 0.2) is 188 Å². The summed E-state index contributed by atoms with van der Waals surface area (Å²) < 4.78 is 19.0. The van der Waals surface area contributed by atoms with Gasteiger partial charge in [0.2, 0.25) is 0 Å². The van der Waals surface area contributed by atoms with Gasteiger partial charge in [-0.05, 0) is 78.8 Å². The summed E-state index contributed by atoms with van der Waals surface area (Å²) in [5.74, 6) is 0.838. The normalized spacial score (nSPS) is 14.9. The number of imidazole rings is 1. The van der Waals surface area contributed by atoms with Gasteiger partial charge in [-0.15, -0.1) is 0 Å². The van der Waals surface area contributed by atoms with Crippen molar-refractivity contribution in [3.8, 4) is 39.3 Å². The molecule has 9 aromatic carbocycles. The number of nitrogens with zero attached hydrogens (tertiary/aromatic N) is 2. The maximum atomic E-state index is 16.7. The molecule has 4 heteroatoms. The fourth-order valence-corrected chi connectivity index (χ4v) is 11.9. The predicted molar refractivity (Wildman–Crippen MR) is 223 cm³/mol. The maximum Gasteiger partial charge on any atom is 0.175 e. The molecular formula is C49H31N2OP. The zero-order valence-corrected chi connectivity index (χ0v) is 29.5. The first kappa shape index (κ1) is 30.1. The van der Waals surface area contributed by atoms with Crippen LogP contribution in [0.4, 0.5) is 0 Å². The fraction of sp³-hybridized carbons (Fsp3) is 0. The van der Waals surface area contributed by atoms with Gasteiger partial charge < -0.3 is 4.57 Å². The van der Waals surface area contributed by atoms with Crippen LogP contribution in [0.2, 0.25) is 0 Å². The van der Waals surface area contributed by atoms with Crippen LogP contribution in [-0.2, 0) is 4.57 Å². The highest BCUT2D eigenvalue weighted by Gasteiger charge is 2.42. The van der Waals surface area contributed by atoms with Gasteiger partial charge in [0.25, 0.3) is 0 Å². The molecule has 3 nitrogen and oxygen atoms in total. The molecule has 1 aliphatic heterocycles. The molecule has 2 heterocycles. The van der Waals surface area contributed by atoms with Gasteiger partial charge in [-0.25, -0.2) is 4.98 Å². The molecule has 10 aromatic rings. The zero-order valence-electron chi connectivity index (χ0n) is 28.6. The Morgan fingerprint density at radius 3 is 1.79 bits per heavy atom. The molecule has 248 valence electrons. The third kappa shape index (κ3) is 4.29. The standard InChI is InChI=1S/C49H31N2OP/c52-53(36-19-5-2-6-20-36)44-28-14-26-42-47(44)51(49(50-42)35-30-29-32-15-7-8-18-34(32)31-35)43-27-13-25-41(48(43)53)46-39-23-11-9-21-37(39)45(33-16-3-1-4-17-33)38-22-10-12-24-40(38)46/h1-31H. The van der Waals surface area contributed by atoms with E-state index in [1.54, 1.807) is 0 Å². The molecule has 0 fully saturated rings. The van der Waals surface area contributed by atoms with E-state index in [9.17, 15) is 0 Å². The average Bonchev–Trinajstić information content (AvgIpc) is 3.62. The molecule has 0 amide bonds. The topological polar surface area (TPSA) is 34.9 Å². The first-order chi connectivity index (χ1) is 26.2. The number of hydrogen-bond acceptors (Lipinski definition) is 2. The Balaban J connectivity index is 1.31. The lowest BCUT2D eigenvalue weighted by molar-refractivity contribution is 0.592. The molecule has 11 rings (SSSR count). The van der Waals surface area contributed by atoms with Crippen molar-refractivity contribution in [3.63, 3.8) is 0 Å². The summed E-state index contributed by atoms with van der Waals surface area (Å²) in [6.07, 6.45) is 0. The highest BCUT2D eigenvalue weighted by Crippen LogP contribution is 2.54. The predicted octanol–water partition coefficient (Wildman–Crippen LogP) is 11.4. The maximum absolute atomic E-state index is 16.7. The zero-order chi connectivity index (χ0) is 35.1.